The van der Waals surface area contributed by atoms with Gasteiger partial charge < -0.3 is 10.2 Å². The highest BCUT2D eigenvalue weighted by Crippen LogP contribution is 2.16. The molecule has 1 aromatic carbocycles. The SMILES string of the molecule is O=C(O)c1cc(Cl)ccc1-[n+]1cccc(O)c1. The van der Waals surface area contributed by atoms with Gasteiger partial charge in [0.1, 0.15) is 5.56 Å². The summed E-state index contributed by atoms with van der Waals surface area (Å²) in [5, 5.41) is 18.8. The molecule has 86 valence electrons. The molecule has 1 heterocycles. The van der Waals surface area contributed by atoms with Crippen LogP contribution in [-0.2, 0) is 0 Å². The number of benzene rings is 1. The van der Waals surface area contributed by atoms with Crippen LogP contribution in [0, 0.1) is 0 Å². The van der Waals surface area contributed by atoms with Crippen molar-refractivity contribution in [2.24, 2.45) is 0 Å². The highest BCUT2D eigenvalue weighted by molar-refractivity contribution is 6.31. The van der Waals surface area contributed by atoms with E-state index in [9.17, 15) is 9.90 Å². The van der Waals surface area contributed by atoms with Gasteiger partial charge in [0.05, 0.1) is 0 Å². The van der Waals surface area contributed by atoms with Crippen LogP contribution < -0.4 is 4.57 Å². The number of hydrogen-bond acceptors (Lipinski definition) is 2. The van der Waals surface area contributed by atoms with E-state index in [1.807, 2.05) is 0 Å². The number of aromatic carboxylic acids is 1. The Hall–Kier alpha value is -2.07. The second-order valence-electron chi connectivity index (χ2n) is 3.44. The largest absolute Gasteiger partial charge is 0.503 e. The highest BCUT2D eigenvalue weighted by atomic mass is 35.5. The maximum absolute atomic E-state index is 11.1. The van der Waals surface area contributed by atoms with E-state index in [0.29, 0.717) is 10.7 Å². The number of nitrogens with zero attached hydrogens (tertiary/aromatic N) is 1. The molecule has 0 unspecified atom stereocenters. The van der Waals surface area contributed by atoms with Crippen LogP contribution in [0.2, 0.25) is 5.02 Å². The molecule has 0 spiro atoms. The smallest absolute Gasteiger partial charge is 0.342 e. The molecule has 1 aromatic heterocycles. The number of aromatic nitrogens is 1. The van der Waals surface area contributed by atoms with E-state index in [2.05, 4.69) is 0 Å². The van der Waals surface area contributed by atoms with Crippen LogP contribution in [-0.4, -0.2) is 16.2 Å². The van der Waals surface area contributed by atoms with Gasteiger partial charge in [0.25, 0.3) is 0 Å². The molecule has 0 aliphatic carbocycles. The van der Waals surface area contributed by atoms with Crippen LogP contribution in [0.1, 0.15) is 10.4 Å². The van der Waals surface area contributed by atoms with Crippen molar-refractivity contribution in [3.8, 4) is 11.4 Å². The molecule has 2 aromatic rings. The number of carboxylic acid groups (broad SMARTS) is 1. The fraction of sp³-hybridized carbons (Fsp3) is 0. The van der Waals surface area contributed by atoms with E-state index >= 15 is 0 Å². The Morgan fingerprint density at radius 1 is 1.29 bits per heavy atom. The van der Waals surface area contributed by atoms with Gasteiger partial charge in [0.15, 0.2) is 11.9 Å². The Balaban J connectivity index is 2.63. The first-order chi connectivity index (χ1) is 8.08. The van der Waals surface area contributed by atoms with Gasteiger partial charge >= 0.3 is 5.97 Å². The maximum atomic E-state index is 11.1. The minimum absolute atomic E-state index is 0.0544. The monoisotopic (exact) mass is 250 g/mol. The number of aromatic hydroxyl groups is 1. The molecule has 0 amide bonds. The van der Waals surface area contributed by atoms with Crippen LogP contribution in [0.5, 0.6) is 5.75 Å². The second kappa shape index (κ2) is 4.43. The summed E-state index contributed by atoms with van der Waals surface area (Å²) < 4.78 is 1.52. The van der Waals surface area contributed by atoms with E-state index in [4.69, 9.17) is 16.7 Å². The zero-order valence-electron chi connectivity index (χ0n) is 8.67. The molecule has 0 aliphatic heterocycles. The molecule has 0 atom stereocenters. The summed E-state index contributed by atoms with van der Waals surface area (Å²) >= 11 is 5.76. The van der Waals surface area contributed by atoms with Gasteiger partial charge in [-0.2, -0.15) is 4.57 Å². The predicted molar refractivity (Wildman–Crippen MR) is 61.6 cm³/mol. The van der Waals surface area contributed by atoms with Gasteiger partial charge in [-0.25, -0.2) is 4.79 Å². The number of carboxylic acids is 1. The fourth-order valence-corrected chi connectivity index (χ4v) is 1.69. The average molecular weight is 251 g/mol. The lowest BCUT2D eigenvalue weighted by molar-refractivity contribution is -0.596. The molecular formula is C12H9ClNO3+. The molecule has 0 saturated heterocycles. The number of pyridine rings is 1. The number of rotatable bonds is 2. The van der Waals surface area contributed by atoms with Gasteiger partial charge in [-0.05, 0) is 18.2 Å². The first-order valence-corrected chi connectivity index (χ1v) is 5.19. The summed E-state index contributed by atoms with van der Waals surface area (Å²) in [6.07, 6.45) is 3.07. The third kappa shape index (κ3) is 2.37. The summed E-state index contributed by atoms with van der Waals surface area (Å²) in [7, 11) is 0. The average Bonchev–Trinajstić information content (AvgIpc) is 2.28. The molecule has 0 fully saturated rings. The normalized spacial score (nSPS) is 10.2. The summed E-state index contributed by atoms with van der Waals surface area (Å²) in [6.45, 7) is 0. The van der Waals surface area contributed by atoms with Crippen LogP contribution in [0.4, 0.5) is 0 Å². The first kappa shape index (κ1) is 11.4. The Bertz CT molecular complexity index is 584. The fourth-order valence-electron chi connectivity index (χ4n) is 1.52. The summed E-state index contributed by atoms with van der Waals surface area (Å²) in [5.74, 6) is -1.02. The lowest BCUT2D eigenvalue weighted by Crippen LogP contribution is -2.31. The minimum Gasteiger partial charge on any atom is -0.503 e. The molecule has 5 heteroatoms. The number of hydrogen-bond donors (Lipinski definition) is 2. The van der Waals surface area contributed by atoms with Gasteiger partial charge in [-0.15, -0.1) is 0 Å². The zero-order valence-corrected chi connectivity index (χ0v) is 9.43. The molecular weight excluding hydrogens is 242 g/mol. The van der Waals surface area contributed by atoms with Crippen molar-refractivity contribution in [3.05, 3.63) is 53.3 Å². The van der Waals surface area contributed by atoms with Crippen LogP contribution in [0.15, 0.2) is 42.7 Å². The maximum Gasteiger partial charge on any atom is 0.342 e. The van der Waals surface area contributed by atoms with E-state index in [-0.39, 0.29) is 11.3 Å². The molecule has 0 radical (unpaired) electrons. The van der Waals surface area contributed by atoms with Gasteiger partial charge in [0, 0.05) is 17.2 Å². The van der Waals surface area contributed by atoms with Crippen molar-refractivity contribution in [3.63, 3.8) is 0 Å². The molecule has 4 nitrogen and oxygen atoms in total. The van der Waals surface area contributed by atoms with Crippen molar-refractivity contribution in [1.29, 1.82) is 0 Å². The van der Waals surface area contributed by atoms with Crippen LogP contribution in [0.25, 0.3) is 5.69 Å². The first-order valence-electron chi connectivity index (χ1n) is 4.81. The Labute approximate surface area is 102 Å². The van der Waals surface area contributed by atoms with E-state index in [1.54, 1.807) is 24.4 Å². The highest BCUT2D eigenvalue weighted by Gasteiger charge is 2.18. The Morgan fingerprint density at radius 2 is 2.06 bits per heavy atom. The Kier molecular flexibility index (Phi) is 2.97. The topological polar surface area (TPSA) is 61.4 Å². The van der Waals surface area contributed by atoms with Crippen LogP contribution >= 0.6 is 11.6 Å². The molecule has 2 rings (SSSR count). The summed E-state index contributed by atoms with van der Waals surface area (Å²) in [5.41, 5.74) is 0.519. The third-order valence-electron chi connectivity index (χ3n) is 2.25. The summed E-state index contributed by atoms with van der Waals surface area (Å²) in [4.78, 5) is 11.1. The van der Waals surface area contributed by atoms with E-state index in [1.165, 1.54) is 22.9 Å². The molecule has 2 N–H and O–H groups in total. The van der Waals surface area contributed by atoms with Crippen molar-refractivity contribution < 1.29 is 19.6 Å². The van der Waals surface area contributed by atoms with Crippen LogP contribution in [0.3, 0.4) is 0 Å². The van der Waals surface area contributed by atoms with E-state index < -0.39 is 5.97 Å². The molecule has 17 heavy (non-hydrogen) atoms. The summed E-state index contributed by atoms with van der Waals surface area (Å²) in [6, 6.07) is 7.68. The molecule has 0 saturated carbocycles. The standard InChI is InChI=1S/C12H8ClNO3/c13-8-3-4-11(10(6-8)12(16)17)14-5-1-2-9(15)7-14/h1-7H,(H-,15,16,17)/p+1. The molecule has 0 bridgehead atoms. The Morgan fingerprint density at radius 3 is 2.71 bits per heavy atom. The van der Waals surface area contributed by atoms with Gasteiger partial charge in [-0.3, -0.25) is 0 Å². The van der Waals surface area contributed by atoms with Crippen molar-refractivity contribution >= 4 is 17.6 Å². The third-order valence-corrected chi connectivity index (χ3v) is 2.49. The van der Waals surface area contributed by atoms with Crippen molar-refractivity contribution in [2.75, 3.05) is 0 Å². The molecule has 0 aliphatic rings. The quantitative estimate of drug-likeness (QED) is 0.802. The number of halogens is 1. The second-order valence-corrected chi connectivity index (χ2v) is 3.87. The lowest BCUT2D eigenvalue weighted by Gasteiger charge is -2.01. The minimum atomic E-state index is -1.07. The van der Waals surface area contributed by atoms with Gasteiger partial charge in [0.2, 0.25) is 11.9 Å². The van der Waals surface area contributed by atoms with Gasteiger partial charge in [-0.1, -0.05) is 11.6 Å². The predicted octanol–water partition coefficient (Wildman–Crippen LogP) is 2.02. The van der Waals surface area contributed by atoms with E-state index in [0.717, 1.165) is 0 Å². The lowest BCUT2D eigenvalue weighted by atomic mass is 10.1. The van der Waals surface area contributed by atoms with Crippen molar-refractivity contribution in [2.45, 2.75) is 0 Å². The van der Waals surface area contributed by atoms with Crippen molar-refractivity contribution in [1.82, 2.24) is 0 Å². The zero-order chi connectivity index (χ0) is 12.4. The number of carbonyl (C=O) groups is 1.